The smallest absolute Gasteiger partial charge is 0.300 e. The zero-order chi connectivity index (χ0) is 20.5. The van der Waals surface area contributed by atoms with Gasteiger partial charge in [0.1, 0.15) is 11.6 Å². The molecule has 1 aliphatic rings. The van der Waals surface area contributed by atoms with Crippen molar-refractivity contribution < 1.29 is 19.1 Å². The lowest BCUT2D eigenvalue weighted by atomic mass is 9.95. The van der Waals surface area contributed by atoms with E-state index >= 15 is 0 Å². The minimum Gasteiger partial charge on any atom is -0.507 e. The van der Waals surface area contributed by atoms with Crippen LogP contribution in [-0.2, 0) is 9.59 Å². The van der Waals surface area contributed by atoms with E-state index in [9.17, 15) is 19.1 Å². The van der Waals surface area contributed by atoms with E-state index in [0.29, 0.717) is 11.3 Å². The number of halogens is 2. The molecule has 3 aromatic carbocycles. The molecule has 0 spiro atoms. The minimum absolute atomic E-state index is 0.0345. The Bertz CT molecular complexity index is 1110. The molecular formula is C23H15BrFNO3. The quantitative estimate of drug-likeness (QED) is 0.337. The normalized spacial score (nSPS) is 18.3. The van der Waals surface area contributed by atoms with Crippen LogP contribution in [0.25, 0.3) is 5.76 Å². The van der Waals surface area contributed by atoms with E-state index in [4.69, 9.17) is 0 Å². The fraction of sp³-hybridized carbons (Fsp3) is 0.0435. The number of ketones is 1. The highest BCUT2D eigenvalue weighted by atomic mass is 79.9. The van der Waals surface area contributed by atoms with Crippen molar-refractivity contribution in [1.82, 2.24) is 0 Å². The first kappa shape index (κ1) is 19.1. The average Bonchev–Trinajstić information content (AvgIpc) is 3.00. The van der Waals surface area contributed by atoms with Crippen molar-refractivity contribution in [3.05, 3.63) is 106 Å². The molecule has 1 saturated heterocycles. The number of aliphatic hydroxyl groups is 1. The molecule has 1 N–H and O–H groups in total. The molecule has 1 atom stereocenters. The van der Waals surface area contributed by atoms with Gasteiger partial charge in [-0.3, -0.25) is 14.5 Å². The topological polar surface area (TPSA) is 57.6 Å². The number of aliphatic hydroxyl groups excluding tert-OH is 1. The maximum Gasteiger partial charge on any atom is 0.300 e. The molecule has 4 rings (SSSR count). The number of nitrogens with zero attached hydrogens (tertiary/aromatic N) is 1. The summed E-state index contributed by atoms with van der Waals surface area (Å²) in [7, 11) is 0. The molecule has 3 aromatic rings. The third-order valence-electron chi connectivity index (χ3n) is 4.78. The number of hydrogen-bond acceptors (Lipinski definition) is 3. The van der Waals surface area contributed by atoms with E-state index in [0.717, 1.165) is 4.47 Å². The number of rotatable bonds is 3. The van der Waals surface area contributed by atoms with Gasteiger partial charge in [0, 0.05) is 15.7 Å². The lowest BCUT2D eigenvalue weighted by molar-refractivity contribution is -0.132. The van der Waals surface area contributed by atoms with Crippen molar-refractivity contribution in [2.24, 2.45) is 0 Å². The molecule has 1 fully saturated rings. The number of para-hydroxylation sites is 1. The second kappa shape index (κ2) is 7.64. The number of amides is 1. The molecule has 1 unspecified atom stereocenters. The van der Waals surface area contributed by atoms with Gasteiger partial charge in [0.15, 0.2) is 0 Å². The fourth-order valence-corrected chi connectivity index (χ4v) is 3.68. The van der Waals surface area contributed by atoms with Gasteiger partial charge in [-0.25, -0.2) is 4.39 Å². The van der Waals surface area contributed by atoms with Gasteiger partial charge in [0.25, 0.3) is 11.7 Å². The predicted molar refractivity (Wildman–Crippen MR) is 112 cm³/mol. The number of benzene rings is 3. The van der Waals surface area contributed by atoms with Crippen LogP contribution in [0.1, 0.15) is 17.2 Å². The van der Waals surface area contributed by atoms with E-state index < -0.39 is 23.5 Å². The standard InChI is InChI=1S/C23H15BrFNO3/c24-16-10-6-14(7-11-16)20-19(21(27)15-8-12-17(25)13-9-15)22(28)23(29)26(20)18-4-2-1-3-5-18/h1-13,20,27H/b21-19-. The maximum absolute atomic E-state index is 13.3. The van der Waals surface area contributed by atoms with Crippen LogP contribution in [0.4, 0.5) is 10.1 Å². The van der Waals surface area contributed by atoms with Crippen molar-refractivity contribution in [2.45, 2.75) is 6.04 Å². The van der Waals surface area contributed by atoms with Crippen molar-refractivity contribution >= 4 is 39.1 Å². The SMILES string of the molecule is O=C1C(=O)N(c2ccccc2)C(c2ccc(Br)cc2)/C1=C(/O)c1ccc(F)cc1. The molecule has 6 heteroatoms. The van der Waals surface area contributed by atoms with Crippen molar-refractivity contribution in [3.8, 4) is 0 Å². The van der Waals surface area contributed by atoms with Crippen LogP contribution in [0, 0.1) is 5.82 Å². The zero-order valence-corrected chi connectivity index (χ0v) is 16.6. The summed E-state index contributed by atoms with van der Waals surface area (Å²) in [4.78, 5) is 27.2. The van der Waals surface area contributed by atoms with Gasteiger partial charge in [-0.1, -0.05) is 46.3 Å². The van der Waals surface area contributed by atoms with Crippen LogP contribution >= 0.6 is 15.9 Å². The average molecular weight is 452 g/mol. The van der Waals surface area contributed by atoms with Crippen LogP contribution in [0.2, 0.25) is 0 Å². The van der Waals surface area contributed by atoms with E-state index in [1.54, 1.807) is 48.5 Å². The lowest BCUT2D eigenvalue weighted by Gasteiger charge is -2.25. The van der Waals surface area contributed by atoms with Crippen LogP contribution < -0.4 is 4.90 Å². The second-order valence-electron chi connectivity index (χ2n) is 6.56. The van der Waals surface area contributed by atoms with Gasteiger partial charge in [-0.05, 0) is 54.1 Å². The van der Waals surface area contributed by atoms with E-state index in [1.807, 2.05) is 6.07 Å². The molecule has 1 aliphatic heterocycles. The molecule has 0 saturated carbocycles. The summed E-state index contributed by atoms with van der Waals surface area (Å²) in [6, 6.07) is 20.3. The highest BCUT2D eigenvalue weighted by Gasteiger charge is 2.46. The monoisotopic (exact) mass is 451 g/mol. The summed E-state index contributed by atoms with van der Waals surface area (Å²) in [5.74, 6) is -2.32. The summed E-state index contributed by atoms with van der Waals surface area (Å²) in [6.45, 7) is 0. The summed E-state index contributed by atoms with van der Waals surface area (Å²) in [5.41, 5.74) is 1.44. The largest absolute Gasteiger partial charge is 0.507 e. The summed E-state index contributed by atoms with van der Waals surface area (Å²) in [6.07, 6.45) is 0. The van der Waals surface area contributed by atoms with Crippen molar-refractivity contribution in [1.29, 1.82) is 0 Å². The van der Waals surface area contributed by atoms with Gasteiger partial charge in [0.2, 0.25) is 0 Å². The Morgan fingerprint density at radius 3 is 2.14 bits per heavy atom. The lowest BCUT2D eigenvalue weighted by Crippen LogP contribution is -2.29. The highest BCUT2D eigenvalue weighted by Crippen LogP contribution is 2.42. The molecule has 144 valence electrons. The van der Waals surface area contributed by atoms with Crippen molar-refractivity contribution in [2.75, 3.05) is 4.90 Å². The van der Waals surface area contributed by atoms with E-state index in [2.05, 4.69) is 15.9 Å². The Hall–Kier alpha value is -3.25. The van der Waals surface area contributed by atoms with Gasteiger partial charge < -0.3 is 5.11 Å². The first-order chi connectivity index (χ1) is 14.0. The third-order valence-corrected chi connectivity index (χ3v) is 5.31. The Kier molecular flexibility index (Phi) is 5.03. The first-order valence-corrected chi connectivity index (χ1v) is 9.64. The minimum atomic E-state index is -0.810. The number of Topliss-reactive ketones (excluding diaryl/α,β-unsaturated/α-hetero) is 1. The van der Waals surface area contributed by atoms with Crippen LogP contribution in [0.15, 0.2) is 88.9 Å². The van der Waals surface area contributed by atoms with Gasteiger partial charge in [0.05, 0.1) is 11.6 Å². The van der Waals surface area contributed by atoms with E-state index in [1.165, 1.54) is 29.2 Å². The van der Waals surface area contributed by atoms with Gasteiger partial charge >= 0.3 is 0 Å². The molecule has 29 heavy (non-hydrogen) atoms. The fourth-order valence-electron chi connectivity index (χ4n) is 3.41. The molecule has 4 nitrogen and oxygen atoms in total. The van der Waals surface area contributed by atoms with Crippen LogP contribution in [0.5, 0.6) is 0 Å². The maximum atomic E-state index is 13.3. The molecule has 0 aliphatic carbocycles. The molecule has 1 amide bonds. The molecule has 0 bridgehead atoms. The third kappa shape index (κ3) is 3.47. The molecular weight excluding hydrogens is 437 g/mol. The molecule has 1 heterocycles. The first-order valence-electron chi connectivity index (χ1n) is 8.85. The Labute approximate surface area is 175 Å². The number of anilines is 1. The Morgan fingerprint density at radius 1 is 0.897 bits per heavy atom. The Morgan fingerprint density at radius 2 is 1.52 bits per heavy atom. The second-order valence-corrected chi connectivity index (χ2v) is 7.48. The van der Waals surface area contributed by atoms with Crippen LogP contribution in [0.3, 0.4) is 0 Å². The van der Waals surface area contributed by atoms with E-state index in [-0.39, 0.29) is 16.9 Å². The highest BCUT2D eigenvalue weighted by molar-refractivity contribution is 9.10. The number of hydrogen-bond donors (Lipinski definition) is 1. The predicted octanol–water partition coefficient (Wildman–Crippen LogP) is 5.21. The van der Waals surface area contributed by atoms with Crippen LogP contribution in [-0.4, -0.2) is 16.8 Å². The molecule has 0 aromatic heterocycles. The number of carbonyl (C=O) groups is 2. The van der Waals surface area contributed by atoms with Gasteiger partial charge in [-0.15, -0.1) is 0 Å². The summed E-state index contributed by atoms with van der Waals surface area (Å²) in [5, 5.41) is 10.9. The molecule has 0 radical (unpaired) electrons. The summed E-state index contributed by atoms with van der Waals surface area (Å²) < 4.78 is 14.1. The zero-order valence-electron chi connectivity index (χ0n) is 15.0. The number of carbonyl (C=O) groups excluding carboxylic acids is 2. The Balaban J connectivity index is 1.94. The summed E-state index contributed by atoms with van der Waals surface area (Å²) >= 11 is 3.38. The van der Waals surface area contributed by atoms with Gasteiger partial charge in [-0.2, -0.15) is 0 Å². The van der Waals surface area contributed by atoms with Crippen molar-refractivity contribution in [3.63, 3.8) is 0 Å².